The first-order valence-electron chi connectivity index (χ1n) is 6.51. The lowest BCUT2D eigenvalue weighted by molar-refractivity contribution is 0.519. The van der Waals surface area contributed by atoms with Crippen molar-refractivity contribution in [2.75, 3.05) is 0 Å². The van der Waals surface area contributed by atoms with Gasteiger partial charge in [0, 0.05) is 10.9 Å². The molecule has 20 heavy (non-hydrogen) atoms. The Bertz CT molecular complexity index is 787. The van der Waals surface area contributed by atoms with E-state index < -0.39 is 11.6 Å². The molecule has 100 valence electrons. The summed E-state index contributed by atoms with van der Waals surface area (Å²) in [6.45, 7) is 3.83. The molecule has 3 aromatic rings. The molecule has 0 atom stereocenters. The highest BCUT2D eigenvalue weighted by molar-refractivity contribution is 5.88. The first-order valence-corrected chi connectivity index (χ1v) is 6.51. The van der Waals surface area contributed by atoms with Crippen LogP contribution in [0.5, 0.6) is 0 Å². The molecule has 0 aliphatic rings. The molecule has 0 nitrogen and oxygen atoms in total. The Hall–Kier alpha value is -2.22. The fourth-order valence-corrected chi connectivity index (χ4v) is 2.38. The van der Waals surface area contributed by atoms with E-state index in [4.69, 9.17) is 0 Å². The van der Waals surface area contributed by atoms with Crippen LogP contribution in [-0.4, -0.2) is 0 Å². The SMILES string of the molecule is Cc1ccc(-c2cc3ccc(C)cc3c(F)c2F)cc1. The smallest absolute Gasteiger partial charge is 0.167 e. The molecule has 0 saturated carbocycles. The van der Waals surface area contributed by atoms with Crippen molar-refractivity contribution in [1.29, 1.82) is 0 Å². The Morgan fingerprint density at radius 3 is 2.05 bits per heavy atom. The second-order valence-corrected chi connectivity index (χ2v) is 5.14. The number of hydrogen-bond acceptors (Lipinski definition) is 0. The lowest BCUT2D eigenvalue weighted by Gasteiger charge is -2.09. The highest BCUT2D eigenvalue weighted by atomic mass is 19.2. The molecule has 0 heterocycles. The average Bonchev–Trinajstić information content (AvgIpc) is 2.44. The second-order valence-electron chi connectivity index (χ2n) is 5.14. The van der Waals surface area contributed by atoms with Gasteiger partial charge in [0.15, 0.2) is 11.6 Å². The van der Waals surface area contributed by atoms with Gasteiger partial charge in [0.05, 0.1) is 0 Å². The number of halogens is 2. The van der Waals surface area contributed by atoms with E-state index in [1.165, 1.54) is 0 Å². The lowest BCUT2D eigenvalue weighted by atomic mass is 9.98. The van der Waals surface area contributed by atoms with E-state index in [1.54, 1.807) is 12.1 Å². The zero-order valence-corrected chi connectivity index (χ0v) is 11.4. The summed E-state index contributed by atoms with van der Waals surface area (Å²) < 4.78 is 28.5. The molecule has 0 amide bonds. The molecular formula is C18H14F2. The molecule has 3 aromatic carbocycles. The Morgan fingerprint density at radius 1 is 0.700 bits per heavy atom. The molecule has 0 N–H and O–H groups in total. The second kappa shape index (κ2) is 4.71. The molecule has 0 saturated heterocycles. The van der Waals surface area contributed by atoms with Crippen LogP contribution in [0.4, 0.5) is 8.78 Å². The Balaban J connectivity index is 2.29. The van der Waals surface area contributed by atoms with E-state index in [2.05, 4.69) is 0 Å². The van der Waals surface area contributed by atoms with Crippen molar-refractivity contribution in [3.8, 4) is 11.1 Å². The van der Waals surface area contributed by atoms with Crippen molar-refractivity contribution in [2.45, 2.75) is 13.8 Å². The molecule has 2 heteroatoms. The zero-order chi connectivity index (χ0) is 14.3. The van der Waals surface area contributed by atoms with Crippen LogP contribution in [0.25, 0.3) is 21.9 Å². The van der Waals surface area contributed by atoms with Gasteiger partial charge in [-0.05, 0) is 36.9 Å². The van der Waals surface area contributed by atoms with Gasteiger partial charge >= 0.3 is 0 Å². The first kappa shape index (κ1) is 12.8. The topological polar surface area (TPSA) is 0 Å². The summed E-state index contributed by atoms with van der Waals surface area (Å²) in [5.41, 5.74) is 3.00. The van der Waals surface area contributed by atoms with Crippen molar-refractivity contribution in [2.24, 2.45) is 0 Å². The highest BCUT2D eigenvalue weighted by Gasteiger charge is 2.14. The number of hydrogen-bond donors (Lipinski definition) is 0. The van der Waals surface area contributed by atoms with Crippen LogP contribution in [0.2, 0.25) is 0 Å². The van der Waals surface area contributed by atoms with Crippen LogP contribution in [0.3, 0.4) is 0 Å². The molecule has 0 aliphatic carbocycles. The Morgan fingerprint density at radius 2 is 1.35 bits per heavy atom. The Kier molecular flexibility index (Phi) is 3.01. The van der Waals surface area contributed by atoms with Crippen LogP contribution < -0.4 is 0 Å². The summed E-state index contributed by atoms with van der Waals surface area (Å²) in [4.78, 5) is 0. The van der Waals surface area contributed by atoms with Crippen molar-refractivity contribution in [3.05, 3.63) is 71.3 Å². The summed E-state index contributed by atoms with van der Waals surface area (Å²) in [5, 5.41) is 1.04. The zero-order valence-electron chi connectivity index (χ0n) is 11.4. The van der Waals surface area contributed by atoms with Crippen LogP contribution in [0.15, 0.2) is 48.5 Å². The normalized spacial score (nSPS) is 11.0. The molecule has 0 aromatic heterocycles. The summed E-state index contributed by atoms with van der Waals surface area (Å²) in [6, 6.07) is 14.5. The predicted octanol–water partition coefficient (Wildman–Crippen LogP) is 5.40. The van der Waals surface area contributed by atoms with Gasteiger partial charge in [0.25, 0.3) is 0 Å². The molecule has 0 bridgehead atoms. The van der Waals surface area contributed by atoms with Crippen molar-refractivity contribution in [1.82, 2.24) is 0 Å². The van der Waals surface area contributed by atoms with Gasteiger partial charge < -0.3 is 0 Å². The number of fused-ring (bicyclic) bond motifs is 1. The van der Waals surface area contributed by atoms with Crippen molar-refractivity contribution in [3.63, 3.8) is 0 Å². The maximum atomic E-state index is 14.3. The van der Waals surface area contributed by atoms with Gasteiger partial charge in [-0.25, -0.2) is 8.78 Å². The molecule has 0 spiro atoms. The maximum absolute atomic E-state index is 14.3. The van der Waals surface area contributed by atoms with Crippen LogP contribution in [-0.2, 0) is 0 Å². The van der Waals surface area contributed by atoms with Crippen molar-refractivity contribution < 1.29 is 8.78 Å². The van der Waals surface area contributed by atoms with E-state index in [1.807, 2.05) is 50.2 Å². The standard InChI is InChI=1S/C18H14F2/c1-11-3-6-13(7-4-11)16-10-14-8-5-12(2)9-15(14)17(19)18(16)20/h3-10H,1-2H3. The average molecular weight is 268 g/mol. The quantitative estimate of drug-likeness (QED) is 0.554. The third kappa shape index (κ3) is 2.07. The molecule has 0 unspecified atom stereocenters. The third-order valence-corrected chi connectivity index (χ3v) is 3.54. The summed E-state index contributed by atoms with van der Waals surface area (Å²) in [5.74, 6) is -1.56. The maximum Gasteiger partial charge on any atom is 0.167 e. The Labute approximate surface area is 116 Å². The molecule has 3 rings (SSSR count). The molecule has 0 radical (unpaired) electrons. The highest BCUT2D eigenvalue weighted by Crippen LogP contribution is 2.31. The van der Waals surface area contributed by atoms with Gasteiger partial charge in [-0.2, -0.15) is 0 Å². The van der Waals surface area contributed by atoms with Crippen LogP contribution >= 0.6 is 0 Å². The van der Waals surface area contributed by atoms with E-state index in [0.29, 0.717) is 21.9 Å². The minimum atomic E-state index is -0.785. The monoisotopic (exact) mass is 268 g/mol. The van der Waals surface area contributed by atoms with Gasteiger partial charge in [-0.1, -0.05) is 47.5 Å². The van der Waals surface area contributed by atoms with E-state index in [0.717, 1.165) is 11.1 Å². The molecular weight excluding hydrogens is 254 g/mol. The molecule has 0 aliphatic heterocycles. The minimum Gasteiger partial charge on any atom is -0.203 e. The van der Waals surface area contributed by atoms with Crippen LogP contribution in [0.1, 0.15) is 11.1 Å². The predicted molar refractivity (Wildman–Crippen MR) is 78.8 cm³/mol. The number of benzene rings is 3. The summed E-state index contributed by atoms with van der Waals surface area (Å²) >= 11 is 0. The van der Waals surface area contributed by atoms with E-state index in [9.17, 15) is 8.78 Å². The lowest BCUT2D eigenvalue weighted by Crippen LogP contribution is -1.93. The van der Waals surface area contributed by atoms with Gasteiger partial charge in [-0.15, -0.1) is 0 Å². The van der Waals surface area contributed by atoms with E-state index in [-0.39, 0.29) is 0 Å². The van der Waals surface area contributed by atoms with Gasteiger partial charge in [0.1, 0.15) is 0 Å². The number of aryl methyl sites for hydroxylation is 2. The summed E-state index contributed by atoms with van der Waals surface area (Å²) in [6.07, 6.45) is 0. The first-order chi connectivity index (χ1) is 9.56. The van der Waals surface area contributed by atoms with Gasteiger partial charge in [0.2, 0.25) is 0 Å². The van der Waals surface area contributed by atoms with Crippen molar-refractivity contribution >= 4 is 10.8 Å². The van der Waals surface area contributed by atoms with Gasteiger partial charge in [-0.3, -0.25) is 0 Å². The number of rotatable bonds is 1. The minimum absolute atomic E-state index is 0.304. The summed E-state index contributed by atoms with van der Waals surface area (Å²) in [7, 11) is 0. The third-order valence-electron chi connectivity index (χ3n) is 3.54. The fraction of sp³-hybridized carbons (Fsp3) is 0.111. The van der Waals surface area contributed by atoms with Crippen LogP contribution in [0, 0.1) is 25.5 Å². The fourth-order valence-electron chi connectivity index (χ4n) is 2.38. The van der Waals surface area contributed by atoms with E-state index >= 15 is 0 Å². The largest absolute Gasteiger partial charge is 0.203 e. The molecule has 0 fully saturated rings.